The Labute approximate surface area is 511 Å². The molecule has 4 aromatic carbocycles. The number of aromatic nitrogens is 8. The standard InChI is InChI=1S/C65H80N16O7/c1-3-51(82)72-47-31-49(57(86)55(47)84)80-37-69-53-59(67-33-45(40-17-9-5-10-18-40)41-19-11-6-12-20-41)74-63(76-61(53)80)78-29-26-39(35-78)25-28-66-65(88)71-44-27-30-79(36-44)64-75-60(68-34-46(42-21-13-7-14-22-42)43-23-15-8-16-24-43)54-62(77-64)81(38-70-54)50-32-48(56(85)58(50)87)73-52(83)4-2/h5-24,37-39,44-50,55-58,65-66,71,84-88H,3-4,25-36H2,1-2H3,(H,72,82)(H,73,83)(H,67,74,76)(H,68,75,77)/t39-,44-,47+,48+,49-,50-,55-,56-,57+,58+,65?/m1/s1. The molecule has 2 amide bonds. The van der Waals surface area contributed by atoms with E-state index >= 15 is 0 Å². The van der Waals surface area contributed by atoms with Crippen LogP contribution in [0.2, 0.25) is 0 Å². The van der Waals surface area contributed by atoms with Gasteiger partial charge < -0.3 is 65.7 Å². The molecule has 6 heterocycles. The van der Waals surface area contributed by atoms with E-state index in [9.17, 15) is 35.1 Å². The van der Waals surface area contributed by atoms with Gasteiger partial charge in [0.1, 0.15) is 24.4 Å². The largest absolute Gasteiger partial charge is 0.388 e. The van der Waals surface area contributed by atoms with Gasteiger partial charge in [0, 0.05) is 70.0 Å². The molecular formula is C65H80N16O7. The first-order valence-corrected chi connectivity index (χ1v) is 31.1. The number of amides is 2. The first-order valence-electron chi connectivity index (χ1n) is 31.1. The molecule has 4 fully saturated rings. The van der Waals surface area contributed by atoms with Crippen molar-refractivity contribution in [2.45, 2.75) is 132 Å². The van der Waals surface area contributed by atoms with Crippen LogP contribution in [0.1, 0.15) is 105 Å². The molecule has 11 atom stereocenters. The van der Waals surface area contributed by atoms with Crippen LogP contribution in [0, 0.1) is 5.92 Å². The lowest BCUT2D eigenvalue weighted by atomic mass is 9.91. The third-order valence-corrected chi connectivity index (χ3v) is 18.3. The average Bonchev–Trinajstić information content (AvgIpc) is 2.72. The lowest BCUT2D eigenvalue weighted by Crippen LogP contribution is -2.48. The van der Waals surface area contributed by atoms with Crippen LogP contribution >= 0.6 is 0 Å². The van der Waals surface area contributed by atoms with Gasteiger partial charge in [-0.1, -0.05) is 135 Å². The summed E-state index contributed by atoms with van der Waals surface area (Å²) in [6, 6.07) is 38.6. The molecule has 23 heteroatoms. The Morgan fingerprint density at radius 1 is 0.557 bits per heavy atom. The van der Waals surface area contributed by atoms with E-state index < -0.39 is 54.9 Å². The molecule has 1 unspecified atom stereocenters. The fourth-order valence-electron chi connectivity index (χ4n) is 13.3. The van der Waals surface area contributed by atoms with Gasteiger partial charge in [-0.25, -0.2) is 9.97 Å². The maximum atomic E-state index is 12.4. The molecule has 2 aliphatic heterocycles. The normalized spacial score (nSPS) is 24.1. The van der Waals surface area contributed by atoms with Gasteiger partial charge in [0.05, 0.1) is 36.8 Å². The Bertz CT molecular complexity index is 3540. The maximum Gasteiger partial charge on any atom is 0.229 e. The molecular weight excluding hydrogens is 1120 g/mol. The van der Waals surface area contributed by atoms with Gasteiger partial charge in [-0.2, -0.15) is 19.9 Å². The lowest BCUT2D eigenvalue weighted by molar-refractivity contribution is -0.123. The van der Waals surface area contributed by atoms with E-state index in [0.717, 1.165) is 35.1 Å². The van der Waals surface area contributed by atoms with Crippen LogP contribution in [-0.2, 0) is 9.59 Å². The molecule has 88 heavy (non-hydrogen) atoms. The van der Waals surface area contributed by atoms with E-state index in [1.165, 1.54) is 0 Å². The fraction of sp³-hybridized carbons (Fsp3) is 0.446. The number of rotatable bonds is 24. The summed E-state index contributed by atoms with van der Waals surface area (Å²) in [7, 11) is 0. The number of nitrogens with zero attached hydrogens (tertiary/aromatic N) is 10. The predicted molar refractivity (Wildman–Crippen MR) is 336 cm³/mol. The summed E-state index contributed by atoms with van der Waals surface area (Å²) in [6.07, 6.45) is 0.966. The van der Waals surface area contributed by atoms with Crippen molar-refractivity contribution in [1.29, 1.82) is 0 Å². The monoisotopic (exact) mass is 1200 g/mol. The quantitative estimate of drug-likeness (QED) is 0.0371. The van der Waals surface area contributed by atoms with Crippen LogP contribution in [0.5, 0.6) is 0 Å². The maximum absolute atomic E-state index is 12.4. The minimum atomic E-state index is -1.19. The molecule has 462 valence electrons. The van der Waals surface area contributed by atoms with Gasteiger partial charge in [0.25, 0.3) is 0 Å². The van der Waals surface area contributed by atoms with Crippen LogP contribution in [-0.4, -0.2) is 171 Å². The van der Waals surface area contributed by atoms with E-state index in [4.69, 9.17) is 29.9 Å². The summed E-state index contributed by atoms with van der Waals surface area (Å²) >= 11 is 0. The molecule has 8 aromatic rings. The molecule has 0 radical (unpaired) electrons. The number of hydrogen-bond acceptors (Lipinski definition) is 19. The fourth-order valence-corrected chi connectivity index (χ4v) is 13.3. The summed E-state index contributed by atoms with van der Waals surface area (Å²) in [6.45, 7) is 7.50. The highest BCUT2D eigenvalue weighted by atomic mass is 16.3. The molecule has 2 saturated carbocycles. The zero-order valence-electron chi connectivity index (χ0n) is 49.6. The smallest absolute Gasteiger partial charge is 0.229 e. The third-order valence-electron chi connectivity index (χ3n) is 18.3. The number of aliphatic hydroxyl groups is 5. The minimum Gasteiger partial charge on any atom is -0.388 e. The Hall–Kier alpha value is -8.16. The second kappa shape index (κ2) is 27.1. The van der Waals surface area contributed by atoms with E-state index in [2.05, 4.69) is 90.2 Å². The zero-order chi connectivity index (χ0) is 60.8. The predicted octanol–water partition coefficient (Wildman–Crippen LogP) is 4.53. The van der Waals surface area contributed by atoms with Crippen LogP contribution in [0.25, 0.3) is 22.3 Å². The van der Waals surface area contributed by atoms with Gasteiger partial charge >= 0.3 is 0 Å². The van der Waals surface area contributed by atoms with Crippen molar-refractivity contribution < 1.29 is 35.1 Å². The number of anilines is 4. The number of nitrogens with one attached hydrogen (secondary N) is 6. The van der Waals surface area contributed by atoms with E-state index in [1.54, 1.807) is 31.1 Å². The summed E-state index contributed by atoms with van der Waals surface area (Å²) in [5, 5.41) is 76.3. The van der Waals surface area contributed by atoms with Gasteiger partial charge in [0.15, 0.2) is 40.3 Å². The molecule has 0 spiro atoms. The Balaban J connectivity index is 0.720. The van der Waals surface area contributed by atoms with Crippen LogP contribution in [0.15, 0.2) is 134 Å². The summed E-state index contributed by atoms with van der Waals surface area (Å²) in [5.41, 5.74) is 6.59. The number of aliphatic hydroxyl groups excluding tert-OH is 5. The second-order valence-corrected chi connectivity index (χ2v) is 23.9. The minimum absolute atomic E-state index is 0.0112. The van der Waals surface area contributed by atoms with Crippen molar-refractivity contribution in [3.8, 4) is 0 Å². The van der Waals surface area contributed by atoms with Crippen molar-refractivity contribution >= 4 is 57.7 Å². The van der Waals surface area contributed by atoms with Crippen molar-refractivity contribution in [3.05, 3.63) is 156 Å². The Morgan fingerprint density at radius 2 is 0.977 bits per heavy atom. The second-order valence-electron chi connectivity index (χ2n) is 23.9. The van der Waals surface area contributed by atoms with Crippen molar-refractivity contribution in [3.63, 3.8) is 0 Å². The molecule has 2 aliphatic carbocycles. The van der Waals surface area contributed by atoms with Gasteiger partial charge in [-0.3, -0.25) is 20.2 Å². The Kier molecular flexibility index (Phi) is 18.5. The molecule has 0 bridgehead atoms. The number of hydrogen-bond donors (Lipinski definition) is 11. The molecule has 2 saturated heterocycles. The number of imidazole rings is 2. The van der Waals surface area contributed by atoms with E-state index in [-0.39, 0.29) is 61.3 Å². The molecule has 23 nitrogen and oxygen atoms in total. The first-order chi connectivity index (χ1) is 42.9. The van der Waals surface area contributed by atoms with Crippen LogP contribution < -0.4 is 41.7 Å². The van der Waals surface area contributed by atoms with Crippen molar-refractivity contribution in [1.82, 2.24) is 60.3 Å². The third kappa shape index (κ3) is 13.0. The molecule has 12 rings (SSSR count). The van der Waals surface area contributed by atoms with E-state index in [1.807, 2.05) is 77.4 Å². The molecule has 4 aliphatic rings. The SMILES string of the molecule is CCC(=O)N[C@H]1C[C@@H](n2cnc3c(NCC(c4ccccc4)c4ccccc4)nc(N4CC[C@@H](CCNC(O)N[C@@H]5CCN(c6nc(NCC(c7ccccc7)c7ccccc7)c7ncn([C@@H]8C[C@H](NC(=O)CC)[C@@H](O)[C@H]8O)c7n6)C5)C4)nc32)[C@H](O)[C@@H]1O. The van der Waals surface area contributed by atoms with Gasteiger partial charge in [-0.15, -0.1) is 0 Å². The van der Waals surface area contributed by atoms with Crippen LogP contribution in [0.3, 0.4) is 0 Å². The first kappa shape index (κ1) is 60.1. The van der Waals surface area contributed by atoms with Gasteiger partial charge in [0.2, 0.25) is 23.7 Å². The van der Waals surface area contributed by atoms with Gasteiger partial charge in [-0.05, 0) is 66.8 Å². The topological polar surface area (TPSA) is 301 Å². The molecule has 11 N–H and O–H groups in total. The summed E-state index contributed by atoms with van der Waals surface area (Å²) in [4.78, 5) is 59.2. The van der Waals surface area contributed by atoms with Crippen molar-refractivity contribution in [2.24, 2.45) is 5.92 Å². The molecule has 4 aromatic heterocycles. The lowest BCUT2D eigenvalue weighted by Gasteiger charge is -2.23. The highest BCUT2D eigenvalue weighted by molar-refractivity contribution is 5.86. The van der Waals surface area contributed by atoms with Crippen molar-refractivity contribution in [2.75, 3.05) is 66.2 Å². The Morgan fingerprint density at radius 3 is 1.41 bits per heavy atom. The van der Waals surface area contributed by atoms with Crippen LogP contribution in [0.4, 0.5) is 23.5 Å². The highest BCUT2D eigenvalue weighted by Crippen LogP contribution is 2.38. The number of benzene rings is 4. The highest BCUT2D eigenvalue weighted by Gasteiger charge is 2.45. The number of carbonyl (C=O) groups is 2. The zero-order valence-corrected chi connectivity index (χ0v) is 49.6. The van der Waals surface area contributed by atoms with E-state index in [0.29, 0.717) is 98.1 Å². The number of carbonyl (C=O) groups excluding carboxylic acids is 2. The number of fused-ring (bicyclic) bond motifs is 2. The summed E-state index contributed by atoms with van der Waals surface area (Å²) in [5.74, 6) is 1.84. The average molecular weight is 1200 g/mol. The summed E-state index contributed by atoms with van der Waals surface area (Å²) < 4.78 is 3.60.